The van der Waals surface area contributed by atoms with Crippen molar-refractivity contribution in [3.8, 4) is 0 Å². The molecule has 0 aromatic carbocycles. The lowest BCUT2D eigenvalue weighted by molar-refractivity contribution is -0.156. The quantitative estimate of drug-likeness (QED) is 0.479. The van der Waals surface area contributed by atoms with E-state index in [1.54, 1.807) is 0 Å². The third-order valence-electron chi connectivity index (χ3n) is 2.17. The summed E-state index contributed by atoms with van der Waals surface area (Å²) in [6.45, 7) is 5.22. The molecule has 1 unspecified atom stereocenters. The Morgan fingerprint density at radius 1 is 1.12 bits per heavy atom. The van der Waals surface area contributed by atoms with Gasteiger partial charge >= 0.3 is 11.9 Å². The molecule has 0 aliphatic rings. The van der Waals surface area contributed by atoms with Gasteiger partial charge < -0.3 is 9.47 Å². The van der Waals surface area contributed by atoms with Crippen LogP contribution in [0.5, 0.6) is 0 Å². The van der Waals surface area contributed by atoms with Crippen molar-refractivity contribution in [1.29, 1.82) is 0 Å². The number of unbranched alkanes of at least 4 members (excludes halogenated alkanes) is 1. The molecule has 0 saturated carbocycles. The number of ketones is 1. The maximum absolute atomic E-state index is 11.2. The lowest BCUT2D eigenvalue weighted by Gasteiger charge is -2.09. The highest BCUT2D eigenvalue weighted by atomic mass is 16.5. The molecule has 0 fully saturated rings. The number of Topliss-reactive ketones (excluding diaryl/α,β-unsaturated/α-hetero) is 1. The summed E-state index contributed by atoms with van der Waals surface area (Å²) in [5.74, 6) is -1.19. The normalized spacial score (nSPS) is 11.7. The van der Waals surface area contributed by atoms with Crippen molar-refractivity contribution < 1.29 is 23.9 Å². The van der Waals surface area contributed by atoms with Crippen molar-refractivity contribution >= 4 is 17.7 Å². The van der Waals surface area contributed by atoms with Gasteiger partial charge in [-0.3, -0.25) is 14.4 Å². The van der Waals surface area contributed by atoms with E-state index in [4.69, 9.17) is 9.47 Å². The molecule has 0 radical (unpaired) electrons. The van der Waals surface area contributed by atoms with E-state index in [-0.39, 0.29) is 18.6 Å². The minimum absolute atomic E-state index is 0.00677. The van der Waals surface area contributed by atoms with Crippen LogP contribution in [0.25, 0.3) is 0 Å². The molecule has 0 heterocycles. The number of esters is 2. The van der Waals surface area contributed by atoms with E-state index in [2.05, 4.69) is 0 Å². The fourth-order valence-electron chi connectivity index (χ4n) is 0.946. The van der Waals surface area contributed by atoms with Crippen molar-refractivity contribution in [3.63, 3.8) is 0 Å². The molecular weight excluding hydrogens is 224 g/mol. The summed E-state index contributed by atoms with van der Waals surface area (Å²) in [5.41, 5.74) is 0. The van der Waals surface area contributed by atoms with E-state index in [0.29, 0.717) is 6.61 Å². The Hall–Kier alpha value is -1.39. The van der Waals surface area contributed by atoms with Crippen LogP contribution in [0.4, 0.5) is 0 Å². The number of hydrogen-bond donors (Lipinski definition) is 0. The first-order chi connectivity index (χ1) is 7.97. The SMILES string of the molecule is CCCCOC(=O)CCC(=O)OC(C)C(C)=O. The molecule has 1 atom stereocenters. The van der Waals surface area contributed by atoms with E-state index in [1.165, 1.54) is 13.8 Å². The summed E-state index contributed by atoms with van der Waals surface area (Å²) in [7, 11) is 0. The Bertz CT molecular complexity index is 272. The Balaban J connectivity index is 3.69. The molecule has 17 heavy (non-hydrogen) atoms. The third-order valence-corrected chi connectivity index (χ3v) is 2.17. The Morgan fingerprint density at radius 3 is 2.24 bits per heavy atom. The van der Waals surface area contributed by atoms with Crippen molar-refractivity contribution in [2.45, 2.75) is 52.6 Å². The highest BCUT2D eigenvalue weighted by Crippen LogP contribution is 2.01. The second kappa shape index (κ2) is 8.73. The van der Waals surface area contributed by atoms with Crippen molar-refractivity contribution in [2.24, 2.45) is 0 Å². The van der Waals surface area contributed by atoms with Gasteiger partial charge in [-0.2, -0.15) is 0 Å². The predicted molar refractivity (Wildman–Crippen MR) is 61.3 cm³/mol. The molecule has 0 rings (SSSR count). The van der Waals surface area contributed by atoms with Crippen molar-refractivity contribution in [3.05, 3.63) is 0 Å². The van der Waals surface area contributed by atoms with Gasteiger partial charge in [-0.05, 0) is 20.3 Å². The molecular formula is C12H20O5. The van der Waals surface area contributed by atoms with Gasteiger partial charge in [0.05, 0.1) is 19.4 Å². The molecule has 5 heteroatoms. The van der Waals surface area contributed by atoms with Crippen LogP contribution < -0.4 is 0 Å². The number of rotatable bonds is 8. The highest BCUT2D eigenvalue weighted by Gasteiger charge is 2.15. The van der Waals surface area contributed by atoms with Crippen LogP contribution in [-0.4, -0.2) is 30.4 Å². The first-order valence-electron chi connectivity index (χ1n) is 5.83. The fraction of sp³-hybridized carbons (Fsp3) is 0.750. The molecule has 0 aromatic rings. The summed E-state index contributed by atoms with van der Waals surface area (Å²) in [6, 6.07) is 0. The number of ether oxygens (including phenoxy) is 2. The largest absolute Gasteiger partial charge is 0.466 e. The highest BCUT2D eigenvalue weighted by molar-refractivity contribution is 5.84. The molecule has 0 saturated heterocycles. The van der Waals surface area contributed by atoms with Gasteiger partial charge in [-0.15, -0.1) is 0 Å². The minimum atomic E-state index is -0.751. The second-order valence-corrected chi connectivity index (χ2v) is 3.82. The molecule has 0 N–H and O–H groups in total. The number of hydrogen-bond acceptors (Lipinski definition) is 5. The van der Waals surface area contributed by atoms with E-state index in [0.717, 1.165) is 12.8 Å². The zero-order chi connectivity index (χ0) is 13.3. The van der Waals surface area contributed by atoms with E-state index in [9.17, 15) is 14.4 Å². The number of carbonyl (C=O) groups excluding carboxylic acids is 3. The third kappa shape index (κ3) is 8.42. The lowest BCUT2D eigenvalue weighted by Crippen LogP contribution is -2.22. The van der Waals surface area contributed by atoms with Gasteiger partial charge in [0.15, 0.2) is 11.9 Å². The summed E-state index contributed by atoms with van der Waals surface area (Å²) in [4.78, 5) is 33.2. The van der Waals surface area contributed by atoms with E-state index < -0.39 is 18.0 Å². The lowest BCUT2D eigenvalue weighted by atomic mass is 10.3. The molecule has 0 bridgehead atoms. The van der Waals surface area contributed by atoms with Crippen LogP contribution in [0.15, 0.2) is 0 Å². The smallest absolute Gasteiger partial charge is 0.307 e. The molecule has 0 spiro atoms. The zero-order valence-electron chi connectivity index (χ0n) is 10.7. The fourth-order valence-corrected chi connectivity index (χ4v) is 0.946. The molecule has 0 aliphatic carbocycles. The Kier molecular flexibility index (Phi) is 8.01. The average molecular weight is 244 g/mol. The van der Waals surface area contributed by atoms with Gasteiger partial charge in [0.1, 0.15) is 0 Å². The molecule has 5 nitrogen and oxygen atoms in total. The van der Waals surface area contributed by atoms with Gasteiger partial charge in [0.2, 0.25) is 0 Å². The van der Waals surface area contributed by atoms with Crippen LogP contribution in [0, 0.1) is 0 Å². The Morgan fingerprint density at radius 2 is 1.71 bits per heavy atom. The van der Waals surface area contributed by atoms with Crippen LogP contribution in [-0.2, 0) is 23.9 Å². The van der Waals surface area contributed by atoms with Crippen LogP contribution in [0.1, 0.15) is 46.5 Å². The van der Waals surface area contributed by atoms with E-state index in [1.807, 2.05) is 6.92 Å². The topological polar surface area (TPSA) is 69.7 Å². The second-order valence-electron chi connectivity index (χ2n) is 3.82. The maximum Gasteiger partial charge on any atom is 0.307 e. The van der Waals surface area contributed by atoms with Crippen molar-refractivity contribution in [1.82, 2.24) is 0 Å². The van der Waals surface area contributed by atoms with Crippen LogP contribution in [0.3, 0.4) is 0 Å². The summed E-state index contributed by atoms with van der Waals surface area (Å²) < 4.78 is 9.66. The number of carbonyl (C=O) groups is 3. The monoisotopic (exact) mass is 244 g/mol. The molecule has 0 aromatic heterocycles. The van der Waals surface area contributed by atoms with Crippen LogP contribution >= 0.6 is 0 Å². The van der Waals surface area contributed by atoms with Crippen LogP contribution in [0.2, 0.25) is 0 Å². The van der Waals surface area contributed by atoms with Gasteiger partial charge in [0, 0.05) is 0 Å². The summed E-state index contributed by atoms with van der Waals surface area (Å²) in [6.07, 6.45) is 0.956. The summed E-state index contributed by atoms with van der Waals surface area (Å²) >= 11 is 0. The first-order valence-corrected chi connectivity index (χ1v) is 5.83. The predicted octanol–water partition coefficient (Wildman–Crippen LogP) is 1.63. The molecule has 0 aliphatic heterocycles. The molecule has 98 valence electrons. The van der Waals surface area contributed by atoms with Gasteiger partial charge in [-0.25, -0.2) is 0 Å². The molecule has 0 amide bonds. The van der Waals surface area contributed by atoms with Crippen molar-refractivity contribution in [2.75, 3.05) is 6.61 Å². The van der Waals surface area contributed by atoms with E-state index >= 15 is 0 Å². The standard InChI is InChI=1S/C12H20O5/c1-4-5-8-16-11(14)6-7-12(15)17-10(3)9(2)13/h10H,4-8H2,1-3H3. The minimum Gasteiger partial charge on any atom is -0.466 e. The zero-order valence-corrected chi connectivity index (χ0v) is 10.7. The van der Waals surface area contributed by atoms with Gasteiger partial charge in [0.25, 0.3) is 0 Å². The summed E-state index contributed by atoms with van der Waals surface area (Å²) in [5, 5.41) is 0. The average Bonchev–Trinajstić information content (AvgIpc) is 2.26. The maximum atomic E-state index is 11.2. The van der Waals surface area contributed by atoms with Gasteiger partial charge in [-0.1, -0.05) is 13.3 Å². The first kappa shape index (κ1) is 15.6. The Labute approximate surface area is 101 Å².